The molecular weight excluding hydrogens is 358 g/mol. The lowest BCUT2D eigenvalue weighted by Gasteiger charge is -2.09. The second kappa shape index (κ2) is 7.92. The second-order valence-electron chi connectivity index (χ2n) is 5.12. The smallest absolute Gasteiger partial charge is 0.224 e. The number of ketones is 1. The number of methoxy groups -OCH3 is 1. The van der Waals surface area contributed by atoms with Gasteiger partial charge in [-0.15, -0.1) is 0 Å². The summed E-state index contributed by atoms with van der Waals surface area (Å²) in [6.45, 7) is 1.49. The first-order chi connectivity index (χ1) is 11.0. The minimum absolute atomic E-state index is 0.0695. The maximum atomic E-state index is 12.1. The first-order valence-electron chi connectivity index (χ1n) is 7.23. The molecule has 2 aromatic rings. The van der Waals surface area contributed by atoms with Crippen molar-refractivity contribution in [2.45, 2.75) is 19.8 Å². The molecule has 2 rings (SSSR count). The van der Waals surface area contributed by atoms with E-state index in [1.54, 1.807) is 31.4 Å². The number of ether oxygens (including phenoxy) is 1. The summed E-state index contributed by atoms with van der Waals surface area (Å²) in [5.41, 5.74) is 2.11. The molecule has 4 nitrogen and oxygen atoms in total. The Morgan fingerprint density at radius 2 is 1.91 bits per heavy atom. The van der Waals surface area contributed by atoms with Gasteiger partial charge in [-0.05, 0) is 59.1 Å². The Morgan fingerprint density at radius 1 is 1.17 bits per heavy atom. The first-order valence-corrected chi connectivity index (χ1v) is 8.03. The fourth-order valence-corrected chi connectivity index (χ4v) is 2.82. The number of nitrogens with one attached hydrogen (secondary N) is 1. The molecule has 23 heavy (non-hydrogen) atoms. The van der Waals surface area contributed by atoms with Crippen molar-refractivity contribution in [2.24, 2.45) is 0 Å². The van der Waals surface area contributed by atoms with Crippen LogP contribution in [0, 0.1) is 0 Å². The minimum Gasteiger partial charge on any atom is -0.496 e. The van der Waals surface area contributed by atoms with E-state index in [4.69, 9.17) is 4.74 Å². The second-order valence-corrected chi connectivity index (χ2v) is 5.97. The topological polar surface area (TPSA) is 55.4 Å². The van der Waals surface area contributed by atoms with Gasteiger partial charge in [-0.2, -0.15) is 0 Å². The lowest BCUT2D eigenvalue weighted by Crippen LogP contribution is -2.14. The van der Waals surface area contributed by atoms with Crippen LogP contribution >= 0.6 is 15.9 Å². The molecule has 0 bridgehead atoms. The SMILES string of the molecule is COc1ccc(CCC(=O)Nc2ccccc2C(C)=O)cc1Br. The molecule has 0 spiro atoms. The van der Waals surface area contributed by atoms with Gasteiger partial charge in [-0.25, -0.2) is 0 Å². The molecule has 0 aliphatic carbocycles. The maximum Gasteiger partial charge on any atom is 0.224 e. The van der Waals surface area contributed by atoms with Crippen LogP contribution in [0.25, 0.3) is 0 Å². The summed E-state index contributed by atoms with van der Waals surface area (Å²) >= 11 is 3.43. The number of rotatable bonds is 6. The Hall–Kier alpha value is -2.14. The van der Waals surface area contributed by atoms with Crippen LogP contribution in [0.4, 0.5) is 5.69 Å². The van der Waals surface area contributed by atoms with E-state index in [1.807, 2.05) is 18.2 Å². The molecule has 0 aliphatic heterocycles. The van der Waals surface area contributed by atoms with Crippen molar-refractivity contribution in [1.82, 2.24) is 0 Å². The summed E-state index contributed by atoms with van der Waals surface area (Å²) in [4.78, 5) is 23.7. The predicted octanol–water partition coefficient (Wildman–Crippen LogP) is 4.23. The van der Waals surface area contributed by atoms with Gasteiger partial charge in [0.25, 0.3) is 0 Å². The van der Waals surface area contributed by atoms with Crippen LogP contribution in [0.2, 0.25) is 0 Å². The molecule has 0 heterocycles. The quantitative estimate of drug-likeness (QED) is 0.768. The molecule has 120 valence electrons. The van der Waals surface area contributed by atoms with Gasteiger partial charge in [0.15, 0.2) is 5.78 Å². The van der Waals surface area contributed by atoms with Crippen LogP contribution in [0.5, 0.6) is 5.75 Å². The fraction of sp³-hybridized carbons (Fsp3) is 0.222. The van der Waals surface area contributed by atoms with Gasteiger partial charge in [-0.3, -0.25) is 9.59 Å². The van der Waals surface area contributed by atoms with Gasteiger partial charge in [0.05, 0.1) is 17.3 Å². The average molecular weight is 376 g/mol. The van der Waals surface area contributed by atoms with Gasteiger partial charge < -0.3 is 10.1 Å². The molecule has 0 radical (unpaired) electrons. The molecule has 0 fully saturated rings. The lowest BCUT2D eigenvalue weighted by molar-refractivity contribution is -0.116. The van der Waals surface area contributed by atoms with E-state index in [1.165, 1.54) is 6.92 Å². The third-order valence-electron chi connectivity index (χ3n) is 3.44. The van der Waals surface area contributed by atoms with Gasteiger partial charge in [-0.1, -0.05) is 18.2 Å². The van der Waals surface area contributed by atoms with E-state index in [-0.39, 0.29) is 11.7 Å². The number of hydrogen-bond acceptors (Lipinski definition) is 3. The van der Waals surface area contributed by atoms with Gasteiger partial charge in [0, 0.05) is 12.0 Å². The number of benzene rings is 2. The van der Waals surface area contributed by atoms with E-state index in [0.29, 0.717) is 24.1 Å². The highest BCUT2D eigenvalue weighted by molar-refractivity contribution is 9.10. The highest BCUT2D eigenvalue weighted by Crippen LogP contribution is 2.26. The van der Waals surface area contributed by atoms with Gasteiger partial charge in [0.2, 0.25) is 5.91 Å². The predicted molar refractivity (Wildman–Crippen MR) is 94.1 cm³/mol. The lowest BCUT2D eigenvalue weighted by atomic mass is 10.1. The third kappa shape index (κ3) is 4.66. The number of anilines is 1. The monoisotopic (exact) mass is 375 g/mol. The van der Waals surface area contributed by atoms with Crippen molar-refractivity contribution in [1.29, 1.82) is 0 Å². The molecule has 5 heteroatoms. The first kappa shape index (κ1) is 17.2. The van der Waals surface area contributed by atoms with Gasteiger partial charge in [0.1, 0.15) is 5.75 Å². The molecule has 0 aromatic heterocycles. The van der Waals surface area contributed by atoms with Crippen LogP contribution < -0.4 is 10.1 Å². The summed E-state index contributed by atoms with van der Waals surface area (Å²) in [6.07, 6.45) is 0.946. The molecule has 0 saturated heterocycles. The van der Waals surface area contributed by atoms with E-state index < -0.39 is 0 Å². The summed E-state index contributed by atoms with van der Waals surface area (Å²) in [7, 11) is 1.61. The van der Waals surface area contributed by atoms with E-state index in [9.17, 15) is 9.59 Å². The normalized spacial score (nSPS) is 10.2. The van der Waals surface area contributed by atoms with Crippen LogP contribution in [-0.2, 0) is 11.2 Å². The van der Waals surface area contributed by atoms with Crippen LogP contribution in [0.15, 0.2) is 46.9 Å². The van der Waals surface area contributed by atoms with Crippen LogP contribution in [-0.4, -0.2) is 18.8 Å². The number of para-hydroxylation sites is 1. The Bertz CT molecular complexity index is 728. The average Bonchev–Trinajstić information content (AvgIpc) is 2.53. The van der Waals surface area contributed by atoms with E-state index in [2.05, 4.69) is 21.2 Å². The van der Waals surface area contributed by atoms with Crippen LogP contribution in [0.3, 0.4) is 0 Å². The molecular formula is C18H18BrNO3. The number of hydrogen-bond donors (Lipinski definition) is 1. The number of halogens is 1. The largest absolute Gasteiger partial charge is 0.496 e. The molecule has 0 saturated carbocycles. The Balaban J connectivity index is 1.98. The zero-order valence-corrected chi connectivity index (χ0v) is 14.6. The van der Waals surface area contributed by atoms with Crippen molar-refractivity contribution in [3.05, 3.63) is 58.1 Å². The molecule has 0 aliphatic rings. The summed E-state index contributed by atoms with van der Waals surface area (Å²) in [5, 5.41) is 2.80. The molecule has 1 N–H and O–H groups in total. The zero-order chi connectivity index (χ0) is 16.8. The molecule has 0 atom stereocenters. The van der Waals surface area contributed by atoms with Crippen LogP contribution in [0.1, 0.15) is 29.3 Å². The highest BCUT2D eigenvalue weighted by Gasteiger charge is 2.10. The number of amides is 1. The number of aryl methyl sites for hydroxylation is 1. The standard InChI is InChI=1S/C18H18BrNO3/c1-12(21)14-5-3-4-6-16(14)20-18(22)10-8-13-7-9-17(23-2)15(19)11-13/h3-7,9,11H,8,10H2,1-2H3,(H,20,22). The Labute approximate surface area is 144 Å². The zero-order valence-electron chi connectivity index (χ0n) is 13.1. The highest BCUT2D eigenvalue weighted by atomic mass is 79.9. The summed E-state index contributed by atoms with van der Waals surface area (Å²) in [5.74, 6) is 0.569. The van der Waals surface area contributed by atoms with E-state index in [0.717, 1.165) is 15.8 Å². The number of carbonyl (C=O) groups is 2. The van der Waals surface area contributed by atoms with E-state index >= 15 is 0 Å². The summed E-state index contributed by atoms with van der Waals surface area (Å²) < 4.78 is 6.04. The Morgan fingerprint density at radius 3 is 2.57 bits per heavy atom. The molecule has 0 unspecified atom stereocenters. The van der Waals surface area contributed by atoms with Crippen molar-refractivity contribution >= 4 is 33.3 Å². The van der Waals surface area contributed by atoms with Crippen molar-refractivity contribution < 1.29 is 14.3 Å². The van der Waals surface area contributed by atoms with Gasteiger partial charge >= 0.3 is 0 Å². The Kier molecular flexibility index (Phi) is 5.93. The van der Waals surface area contributed by atoms with Crippen molar-refractivity contribution in [2.75, 3.05) is 12.4 Å². The van der Waals surface area contributed by atoms with Crippen molar-refractivity contribution in [3.63, 3.8) is 0 Å². The fourth-order valence-electron chi connectivity index (χ4n) is 2.24. The third-order valence-corrected chi connectivity index (χ3v) is 4.06. The number of carbonyl (C=O) groups excluding carboxylic acids is 2. The number of Topliss-reactive ketones (excluding diaryl/α,β-unsaturated/α-hetero) is 1. The maximum absolute atomic E-state index is 12.1. The van der Waals surface area contributed by atoms with Crippen molar-refractivity contribution in [3.8, 4) is 5.75 Å². The molecule has 2 aromatic carbocycles. The summed E-state index contributed by atoms with van der Waals surface area (Å²) in [6, 6.07) is 12.7. The minimum atomic E-state index is -0.120. The molecule has 1 amide bonds.